The van der Waals surface area contributed by atoms with Crippen LogP contribution in [0.1, 0.15) is 303 Å². The molecule has 0 radical (unpaired) electrons. The molecule has 0 aliphatic carbocycles. The number of unbranched alkanes of at least 4 members (excludes halogenated alkanes) is 37. The Labute approximate surface area is 428 Å². The van der Waals surface area contributed by atoms with Crippen LogP contribution in [0.5, 0.6) is 0 Å². The van der Waals surface area contributed by atoms with E-state index in [0.29, 0.717) is 19.4 Å². The van der Waals surface area contributed by atoms with E-state index in [1.807, 2.05) is 6.08 Å². The predicted octanol–water partition coefficient (Wildman–Crippen LogP) is 18.7. The first-order valence-corrected chi connectivity index (χ1v) is 30.1. The molecule has 0 aromatic rings. The number of rotatable bonds is 55. The van der Waals surface area contributed by atoms with E-state index in [4.69, 9.17) is 4.74 Å². The zero-order valence-corrected chi connectivity index (χ0v) is 45.8. The molecule has 0 fully saturated rings. The van der Waals surface area contributed by atoms with Crippen molar-refractivity contribution in [2.24, 2.45) is 0 Å². The highest BCUT2D eigenvalue weighted by Gasteiger charge is 2.18. The number of carbonyl (C=O) groups excluding carboxylic acids is 2. The topological polar surface area (TPSA) is 95.9 Å². The molecule has 0 saturated carbocycles. The maximum absolute atomic E-state index is 12.5. The van der Waals surface area contributed by atoms with Crippen LogP contribution in [0, 0.1) is 0 Å². The summed E-state index contributed by atoms with van der Waals surface area (Å²) in [5, 5.41) is 23.2. The monoisotopic (exact) mass is 966 g/mol. The van der Waals surface area contributed by atoms with Crippen molar-refractivity contribution in [2.45, 2.75) is 315 Å². The number of amides is 1. The molecule has 2 atom stereocenters. The van der Waals surface area contributed by atoms with Crippen molar-refractivity contribution in [3.8, 4) is 0 Å². The second-order valence-electron chi connectivity index (χ2n) is 20.3. The normalized spacial score (nSPS) is 13.0. The van der Waals surface area contributed by atoms with Crippen LogP contribution >= 0.6 is 0 Å². The van der Waals surface area contributed by atoms with Crippen LogP contribution in [-0.2, 0) is 14.3 Å². The van der Waals surface area contributed by atoms with E-state index in [1.165, 1.54) is 186 Å². The summed E-state index contributed by atoms with van der Waals surface area (Å²) in [6.45, 7) is 4.81. The fraction of sp³-hybridized carbons (Fsp3) is 0.810. The number of hydrogen-bond acceptors (Lipinski definition) is 5. The van der Waals surface area contributed by atoms with Crippen molar-refractivity contribution in [3.05, 3.63) is 60.8 Å². The lowest BCUT2D eigenvalue weighted by Crippen LogP contribution is -2.45. The fourth-order valence-electron chi connectivity index (χ4n) is 8.88. The lowest BCUT2D eigenvalue weighted by atomic mass is 10.0. The van der Waals surface area contributed by atoms with Gasteiger partial charge in [0.25, 0.3) is 0 Å². The minimum Gasteiger partial charge on any atom is -0.466 e. The molecule has 6 nitrogen and oxygen atoms in total. The molecular formula is C63H115NO5. The summed E-state index contributed by atoms with van der Waals surface area (Å²) in [6, 6.07) is -0.648. The summed E-state index contributed by atoms with van der Waals surface area (Å²) in [4.78, 5) is 24.5. The van der Waals surface area contributed by atoms with Gasteiger partial charge >= 0.3 is 5.97 Å². The quantitative estimate of drug-likeness (QED) is 0.0244. The number of aliphatic hydroxyl groups excluding tert-OH is 2. The highest BCUT2D eigenvalue weighted by molar-refractivity contribution is 5.76. The number of esters is 1. The van der Waals surface area contributed by atoms with E-state index in [1.54, 1.807) is 6.08 Å². The van der Waals surface area contributed by atoms with Crippen molar-refractivity contribution < 1.29 is 24.5 Å². The van der Waals surface area contributed by atoms with Crippen molar-refractivity contribution in [1.29, 1.82) is 0 Å². The van der Waals surface area contributed by atoms with Crippen LogP contribution in [0.4, 0.5) is 0 Å². The van der Waals surface area contributed by atoms with Crippen molar-refractivity contribution >= 4 is 11.9 Å². The zero-order chi connectivity index (χ0) is 50.0. The van der Waals surface area contributed by atoms with E-state index in [9.17, 15) is 19.8 Å². The third-order valence-electron chi connectivity index (χ3n) is 13.5. The number of hydrogen-bond donors (Lipinski definition) is 3. The van der Waals surface area contributed by atoms with E-state index < -0.39 is 12.1 Å². The third-order valence-corrected chi connectivity index (χ3v) is 13.5. The first-order valence-electron chi connectivity index (χ1n) is 30.1. The Bertz CT molecular complexity index is 1210. The molecule has 0 saturated heterocycles. The smallest absolute Gasteiger partial charge is 0.305 e. The standard InChI is InChI=1S/C63H115NO5/c1-3-5-7-9-11-13-15-17-19-20-21-22-23-24-25-26-28-31-35-39-43-47-51-55-61(66)60(59-65)64-62(67)56-52-48-44-40-36-32-29-27-30-34-38-42-46-50-54-58-69-63(68)57-53-49-45-41-37-33-18-16-14-12-10-8-6-4-2/h10,12,16,18,27,30,34,38,51,55,60-61,65-66H,3-9,11,13-15,17,19-26,28-29,31-33,35-37,39-50,52-54,56-59H2,1-2H3,(H,64,67)/b12-10-,18-16-,30-27-,38-34-,55-51+. The highest BCUT2D eigenvalue weighted by atomic mass is 16.5. The number of nitrogens with one attached hydrogen (secondary N) is 1. The second-order valence-corrected chi connectivity index (χ2v) is 20.3. The largest absolute Gasteiger partial charge is 0.466 e. The van der Waals surface area contributed by atoms with E-state index in [-0.39, 0.29) is 18.5 Å². The Morgan fingerprint density at radius 3 is 1.23 bits per heavy atom. The molecule has 1 amide bonds. The average molecular weight is 967 g/mol. The molecule has 69 heavy (non-hydrogen) atoms. The van der Waals surface area contributed by atoms with Crippen molar-refractivity contribution in [3.63, 3.8) is 0 Å². The summed E-state index contributed by atoms with van der Waals surface area (Å²) >= 11 is 0. The van der Waals surface area contributed by atoms with Gasteiger partial charge in [-0.25, -0.2) is 0 Å². The van der Waals surface area contributed by atoms with Crippen LogP contribution in [0.3, 0.4) is 0 Å². The van der Waals surface area contributed by atoms with Gasteiger partial charge in [-0.3, -0.25) is 9.59 Å². The van der Waals surface area contributed by atoms with Gasteiger partial charge in [-0.05, 0) is 89.9 Å². The van der Waals surface area contributed by atoms with Crippen LogP contribution in [0.2, 0.25) is 0 Å². The number of carbonyl (C=O) groups is 2. The molecule has 0 aromatic carbocycles. The average Bonchev–Trinajstić information content (AvgIpc) is 3.35. The number of ether oxygens (including phenoxy) is 1. The second kappa shape index (κ2) is 58.1. The Morgan fingerprint density at radius 1 is 0.420 bits per heavy atom. The van der Waals surface area contributed by atoms with Gasteiger partial charge in [-0.15, -0.1) is 0 Å². The summed E-state index contributed by atoms with van der Waals surface area (Å²) in [5.41, 5.74) is 0. The van der Waals surface area contributed by atoms with Crippen molar-refractivity contribution in [2.75, 3.05) is 13.2 Å². The van der Waals surface area contributed by atoms with Crippen LogP contribution < -0.4 is 5.32 Å². The molecule has 0 heterocycles. The number of aliphatic hydroxyl groups is 2. The van der Waals surface area contributed by atoms with Gasteiger partial charge in [-0.2, -0.15) is 0 Å². The molecule has 0 bridgehead atoms. The van der Waals surface area contributed by atoms with Gasteiger partial charge in [0.05, 0.1) is 25.4 Å². The first-order chi connectivity index (χ1) is 34.0. The van der Waals surface area contributed by atoms with Gasteiger partial charge in [0, 0.05) is 12.8 Å². The Morgan fingerprint density at radius 2 is 0.783 bits per heavy atom. The third kappa shape index (κ3) is 54.7. The molecule has 2 unspecified atom stereocenters. The van der Waals surface area contributed by atoms with Gasteiger partial charge in [0.15, 0.2) is 0 Å². The van der Waals surface area contributed by atoms with Gasteiger partial charge in [0.2, 0.25) is 5.91 Å². The Hall–Kier alpha value is -2.44. The van der Waals surface area contributed by atoms with Crippen LogP contribution in [0.25, 0.3) is 0 Å². The molecule has 3 N–H and O–H groups in total. The fourth-order valence-corrected chi connectivity index (χ4v) is 8.88. The minimum absolute atomic E-state index is 0.0378. The van der Waals surface area contributed by atoms with E-state index in [2.05, 4.69) is 67.8 Å². The Kier molecular flexibility index (Phi) is 56.1. The molecular weight excluding hydrogens is 851 g/mol. The summed E-state index contributed by atoms with van der Waals surface area (Å²) in [7, 11) is 0. The van der Waals surface area contributed by atoms with Gasteiger partial charge in [0.1, 0.15) is 0 Å². The molecule has 6 heteroatoms. The maximum atomic E-state index is 12.5. The Balaban J connectivity index is 3.56. The lowest BCUT2D eigenvalue weighted by Gasteiger charge is -2.20. The maximum Gasteiger partial charge on any atom is 0.305 e. The molecule has 0 aliphatic rings. The molecule has 0 rings (SSSR count). The van der Waals surface area contributed by atoms with Crippen molar-refractivity contribution in [1.82, 2.24) is 5.32 Å². The zero-order valence-electron chi connectivity index (χ0n) is 45.8. The molecule has 0 aromatic heterocycles. The SMILES string of the molecule is CCCC/C=C\C/C=C\CCCCCCCC(=O)OCCCCC/C=C\C=C/CCCCCCCCC(=O)NC(CO)C(O)/C=C/CCCCCCCCCCCCCCCCCCCCCCC. The summed E-state index contributed by atoms with van der Waals surface area (Å²) in [6.07, 6.45) is 75.3. The first kappa shape index (κ1) is 66.6. The van der Waals surface area contributed by atoms with E-state index >= 15 is 0 Å². The molecule has 0 spiro atoms. The van der Waals surface area contributed by atoms with Crippen LogP contribution in [-0.4, -0.2) is 47.4 Å². The van der Waals surface area contributed by atoms with Gasteiger partial charge in [-0.1, -0.05) is 261 Å². The molecule has 402 valence electrons. The summed E-state index contributed by atoms with van der Waals surface area (Å²) in [5.74, 6) is -0.128. The minimum atomic E-state index is -0.862. The lowest BCUT2D eigenvalue weighted by molar-refractivity contribution is -0.143. The van der Waals surface area contributed by atoms with Gasteiger partial charge < -0.3 is 20.3 Å². The van der Waals surface area contributed by atoms with E-state index in [0.717, 1.165) is 89.9 Å². The number of allylic oxidation sites excluding steroid dienone is 9. The summed E-state index contributed by atoms with van der Waals surface area (Å²) < 4.78 is 5.44. The highest BCUT2D eigenvalue weighted by Crippen LogP contribution is 2.16. The predicted molar refractivity (Wildman–Crippen MR) is 301 cm³/mol. The van der Waals surface area contributed by atoms with Crippen LogP contribution in [0.15, 0.2) is 60.8 Å². The molecule has 0 aliphatic heterocycles.